The Kier molecular flexibility index (Phi) is 5.77. The van der Waals surface area contributed by atoms with Crippen molar-refractivity contribution in [1.29, 1.82) is 0 Å². The van der Waals surface area contributed by atoms with Gasteiger partial charge in [0.15, 0.2) is 5.78 Å². The van der Waals surface area contributed by atoms with E-state index in [9.17, 15) is 4.79 Å². The highest BCUT2D eigenvalue weighted by Gasteiger charge is 2.42. The fourth-order valence-electron chi connectivity index (χ4n) is 2.43. The van der Waals surface area contributed by atoms with Crippen molar-refractivity contribution in [2.24, 2.45) is 5.92 Å². The smallest absolute Gasteiger partial charge is 0.173 e. The molecule has 1 aromatic rings. The number of alkyl halides is 1. The van der Waals surface area contributed by atoms with Crippen LogP contribution in [0, 0.1) is 5.92 Å². The number of rotatable bonds is 6. The zero-order chi connectivity index (χ0) is 17.0. The number of Topliss-reactive ketones (excluding diaryl/α,β-unsaturated/α-hetero) is 1. The number of carbonyl (C=O) groups is 1. The van der Waals surface area contributed by atoms with Crippen molar-refractivity contribution < 1.29 is 14.3 Å². The standard InChI is InChI=1S/C18H20Cl2O3/c1-4-11-23-14-9-10-18(2,20)15(16(14)19)17(21)12-5-7-13(22-3)8-6-12/h5-10,15H,4,11H2,1-3H3. The van der Waals surface area contributed by atoms with Gasteiger partial charge in [-0.3, -0.25) is 4.79 Å². The molecule has 5 heteroatoms. The second kappa shape index (κ2) is 7.41. The number of carbonyl (C=O) groups excluding carboxylic acids is 1. The second-order valence-corrected chi connectivity index (χ2v) is 6.79. The molecular formula is C18H20Cl2O3. The number of ether oxygens (including phenoxy) is 2. The topological polar surface area (TPSA) is 35.5 Å². The van der Waals surface area contributed by atoms with Crippen LogP contribution in [-0.2, 0) is 4.74 Å². The second-order valence-electron chi connectivity index (χ2n) is 5.57. The van der Waals surface area contributed by atoms with Crippen LogP contribution >= 0.6 is 23.2 Å². The molecule has 0 saturated heterocycles. The monoisotopic (exact) mass is 354 g/mol. The Morgan fingerprint density at radius 3 is 2.52 bits per heavy atom. The van der Waals surface area contributed by atoms with E-state index in [-0.39, 0.29) is 5.78 Å². The lowest BCUT2D eigenvalue weighted by Gasteiger charge is -2.32. The summed E-state index contributed by atoms with van der Waals surface area (Å²) in [6.07, 6.45) is 4.36. The molecule has 0 fully saturated rings. The molecule has 2 rings (SSSR count). The minimum Gasteiger partial charge on any atom is -0.497 e. The van der Waals surface area contributed by atoms with Crippen LogP contribution < -0.4 is 4.74 Å². The highest BCUT2D eigenvalue weighted by atomic mass is 35.5. The van der Waals surface area contributed by atoms with Gasteiger partial charge in [-0.25, -0.2) is 0 Å². The van der Waals surface area contributed by atoms with Crippen molar-refractivity contribution in [3.63, 3.8) is 0 Å². The molecule has 0 amide bonds. The summed E-state index contributed by atoms with van der Waals surface area (Å²) in [5.74, 6) is 0.374. The first kappa shape index (κ1) is 17.9. The van der Waals surface area contributed by atoms with E-state index in [4.69, 9.17) is 32.7 Å². The first-order valence-corrected chi connectivity index (χ1v) is 8.25. The Hall–Kier alpha value is -1.45. The van der Waals surface area contributed by atoms with Gasteiger partial charge >= 0.3 is 0 Å². The minimum atomic E-state index is -0.896. The summed E-state index contributed by atoms with van der Waals surface area (Å²) in [4.78, 5) is 12.0. The summed E-state index contributed by atoms with van der Waals surface area (Å²) in [7, 11) is 1.58. The maximum absolute atomic E-state index is 12.9. The van der Waals surface area contributed by atoms with Gasteiger partial charge < -0.3 is 9.47 Å². The molecule has 0 heterocycles. The summed E-state index contributed by atoms with van der Waals surface area (Å²) in [6, 6.07) is 6.90. The molecule has 124 valence electrons. The molecule has 2 unspecified atom stereocenters. The number of hydrogen-bond donors (Lipinski definition) is 0. The average Bonchev–Trinajstić information content (AvgIpc) is 2.53. The molecule has 0 bridgehead atoms. The van der Waals surface area contributed by atoms with E-state index in [1.807, 2.05) is 6.92 Å². The predicted octanol–water partition coefficient (Wildman–Crippen LogP) is 4.94. The molecule has 0 spiro atoms. The van der Waals surface area contributed by atoms with Crippen LogP contribution in [0.5, 0.6) is 5.75 Å². The normalized spacial score (nSPS) is 23.8. The van der Waals surface area contributed by atoms with Gasteiger partial charge in [0.05, 0.1) is 29.5 Å². The fourth-order valence-corrected chi connectivity index (χ4v) is 3.20. The van der Waals surface area contributed by atoms with Crippen molar-refractivity contribution in [2.75, 3.05) is 13.7 Å². The Morgan fingerprint density at radius 1 is 1.30 bits per heavy atom. The third-order valence-electron chi connectivity index (χ3n) is 3.71. The van der Waals surface area contributed by atoms with Gasteiger partial charge in [-0.05, 0) is 43.7 Å². The predicted molar refractivity (Wildman–Crippen MR) is 93.3 cm³/mol. The molecule has 23 heavy (non-hydrogen) atoms. The quantitative estimate of drug-likeness (QED) is 0.536. The first-order chi connectivity index (χ1) is 10.9. The largest absolute Gasteiger partial charge is 0.497 e. The highest BCUT2D eigenvalue weighted by Crippen LogP contribution is 2.42. The van der Waals surface area contributed by atoms with Crippen molar-refractivity contribution in [1.82, 2.24) is 0 Å². The van der Waals surface area contributed by atoms with Crippen molar-refractivity contribution in [3.8, 4) is 5.75 Å². The zero-order valence-corrected chi connectivity index (χ0v) is 14.9. The van der Waals surface area contributed by atoms with E-state index in [1.54, 1.807) is 50.5 Å². The highest BCUT2D eigenvalue weighted by molar-refractivity contribution is 6.36. The van der Waals surface area contributed by atoms with Crippen LogP contribution in [0.3, 0.4) is 0 Å². The van der Waals surface area contributed by atoms with E-state index >= 15 is 0 Å². The van der Waals surface area contributed by atoms with Crippen LogP contribution in [0.4, 0.5) is 0 Å². The van der Waals surface area contributed by atoms with E-state index in [1.165, 1.54) is 0 Å². The van der Waals surface area contributed by atoms with Crippen LogP contribution in [0.15, 0.2) is 47.2 Å². The molecular weight excluding hydrogens is 335 g/mol. The lowest BCUT2D eigenvalue weighted by molar-refractivity contribution is 0.0924. The molecule has 0 aromatic heterocycles. The molecule has 0 aliphatic heterocycles. The van der Waals surface area contributed by atoms with Crippen molar-refractivity contribution >= 4 is 29.0 Å². The van der Waals surface area contributed by atoms with Crippen molar-refractivity contribution in [3.05, 3.63) is 52.8 Å². The Balaban J connectivity index is 2.34. The minimum absolute atomic E-state index is 0.142. The van der Waals surface area contributed by atoms with E-state index in [0.29, 0.717) is 28.7 Å². The van der Waals surface area contributed by atoms with Crippen LogP contribution in [0.2, 0.25) is 0 Å². The number of methoxy groups -OCH3 is 1. The lowest BCUT2D eigenvalue weighted by Crippen LogP contribution is -2.36. The third kappa shape index (κ3) is 3.91. The maximum atomic E-state index is 12.9. The van der Waals surface area contributed by atoms with Gasteiger partial charge in [0.25, 0.3) is 0 Å². The summed E-state index contributed by atoms with van der Waals surface area (Å²) in [5.41, 5.74) is 0.533. The summed E-state index contributed by atoms with van der Waals surface area (Å²) in [6.45, 7) is 4.32. The van der Waals surface area contributed by atoms with Crippen molar-refractivity contribution in [2.45, 2.75) is 25.1 Å². The van der Waals surface area contributed by atoms with E-state index < -0.39 is 10.8 Å². The zero-order valence-electron chi connectivity index (χ0n) is 13.4. The van der Waals surface area contributed by atoms with E-state index in [0.717, 1.165) is 6.42 Å². The SMILES string of the molecule is CCCOC1=C(Cl)C(C(=O)c2ccc(OC)cc2)C(C)(Cl)C=C1. The molecule has 3 nitrogen and oxygen atoms in total. The first-order valence-electron chi connectivity index (χ1n) is 7.49. The summed E-state index contributed by atoms with van der Waals surface area (Å²) in [5, 5.41) is 0.347. The van der Waals surface area contributed by atoms with Gasteiger partial charge in [0, 0.05) is 5.56 Å². The van der Waals surface area contributed by atoms with Gasteiger partial charge in [0.2, 0.25) is 0 Å². The lowest BCUT2D eigenvalue weighted by atomic mass is 9.82. The molecule has 0 radical (unpaired) electrons. The molecule has 1 aromatic carbocycles. The van der Waals surface area contributed by atoms with Crippen LogP contribution in [0.25, 0.3) is 0 Å². The third-order valence-corrected chi connectivity index (χ3v) is 4.46. The number of hydrogen-bond acceptors (Lipinski definition) is 3. The van der Waals surface area contributed by atoms with Gasteiger partial charge in [-0.1, -0.05) is 24.6 Å². The maximum Gasteiger partial charge on any atom is 0.173 e. The number of ketones is 1. The van der Waals surface area contributed by atoms with Gasteiger partial charge in [-0.15, -0.1) is 11.6 Å². The molecule has 0 N–H and O–H groups in total. The van der Waals surface area contributed by atoms with Crippen LogP contribution in [0.1, 0.15) is 30.6 Å². The summed E-state index contributed by atoms with van der Waals surface area (Å²) >= 11 is 13.0. The summed E-state index contributed by atoms with van der Waals surface area (Å²) < 4.78 is 10.7. The molecule has 1 aliphatic rings. The van der Waals surface area contributed by atoms with Gasteiger partial charge in [-0.2, -0.15) is 0 Å². The number of benzene rings is 1. The molecule has 2 atom stereocenters. The Morgan fingerprint density at radius 2 is 1.96 bits per heavy atom. The number of halogens is 2. The molecule has 1 aliphatic carbocycles. The fraction of sp³-hybridized carbons (Fsp3) is 0.389. The van der Waals surface area contributed by atoms with Crippen LogP contribution in [-0.4, -0.2) is 24.4 Å². The average molecular weight is 355 g/mol. The van der Waals surface area contributed by atoms with Gasteiger partial charge in [0.1, 0.15) is 11.5 Å². The Bertz CT molecular complexity index is 630. The number of allylic oxidation sites excluding steroid dienone is 3. The van der Waals surface area contributed by atoms with E-state index in [2.05, 4.69) is 0 Å². The Labute approximate surface area is 146 Å². The molecule has 0 saturated carbocycles.